The van der Waals surface area contributed by atoms with Crippen LogP contribution in [0.4, 0.5) is 19.7 Å². The molecule has 1 saturated carbocycles. The lowest BCUT2D eigenvalue weighted by molar-refractivity contribution is 0.0510. The molecule has 1 aliphatic carbocycles. The summed E-state index contributed by atoms with van der Waals surface area (Å²) in [4.78, 5) is 35.1. The third kappa shape index (κ3) is 7.48. The van der Waals surface area contributed by atoms with Crippen LogP contribution in [-0.4, -0.2) is 46.6 Å². The van der Waals surface area contributed by atoms with Crippen LogP contribution in [0.5, 0.6) is 0 Å². The van der Waals surface area contributed by atoms with Crippen molar-refractivity contribution in [2.75, 3.05) is 5.32 Å². The molecule has 1 fully saturated rings. The minimum atomic E-state index is -1.49. The highest BCUT2D eigenvalue weighted by Crippen LogP contribution is 2.36. The fourth-order valence-corrected chi connectivity index (χ4v) is 3.48. The molecule has 0 aliphatic heterocycles. The van der Waals surface area contributed by atoms with Gasteiger partial charge in [0.15, 0.2) is 0 Å². The summed E-state index contributed by atoms with van der Waals surface area (Å²) < 4.78 is 20.2. The number of carbonyl (C=O) groups excluding carboxylic acids is 2. The molecular weight excluding hydrogens is 457 g/mol. The Morgan fingerprint density at radius 2 is 1.94 bits per heavy atom. The number of ether oxygens (including phenoxy) is 1. The average Bonchev–Trinajstić information content (AvgIpc) is 2.61. The lowest BCUT2D eigenvalue weighted by atomic mass is 9.92. The highest BCUT2D eigenvalue weighted by Gasteiger charge is 2.28. The van der Waals surface area contributed by atoms with Crippen LogP contribution in [0.25, 0.3) is 0 Å². The Bertz CT molecular complexity index is 946. The van der Waals surface area contributed by atoms with Gasteiger partial charge in [0, 0.05) is 24.2 Å². The maximum absolute atomic E-state index is 15.0. The number of carboxylic acid groups (broad SMARTS) is 1. The van der Waals surface area contributed by atoms with Gasteiger partial charge in [-0.3, -0.25) is 10.2 Å². The van der Waals surface area contributed by atoms with Gasteiger partial charge in [0.25, 0.3) is 5.91 Å². The number of alkyl carbamates (subject to hydrolysis) is 1. The zero-order chi connectivity index (χ0) is 24.9. The molecule has 0 spiro atoms. The van der Waals surface area contributed by atoms with Crippen molar-refractivity contribution in [1.82, 2.24) is 16.2 Å². The Hall–Kier alpha value is -3.08. The van der Waals surface area contributed by atoms with Crippen LogP contribution >= 0.6 is 11.6 Å². The van der Waals surface area contributed by atoms with E-state index in [0.717, 1.165) is 25.3 Å². The van der Waals surface area contributed by atoms with Gasteiger partial charge in [0.05, 0.1) is 21.8 Å². The highest BCUT2D eigenvalue weighted by molar-refractivity contribution is 6.37. The van der Waals surface area contributed by atoms with E-state index in [9.17, 15) is 18.8 Å². The molecule has 182 valence electrons. The number of hydrogen-bond donors (Lipinski definition) is 6. The molecule has 3 amide bonds. The van der Waals surface area contributed by atoms with Gasteiger partial charge in [-0.05, 0) is 53.0 Å². The maximum atomic E-state index is 15.0. The van der Waals surface area contributed by atoms with Crippen LogP contribution in [-0.2, 0) is 4.74 Å². The Kier molecular flexibility index (Phi) is 8.48. The summed E-state index contributed by atoms with van der Waals surface area (Å²) >= 11 is 6.45. The van der Waals surface area contributed by atoms with Crippen molar-refractivity contribution in [2.45, 2.75) is 71.1 Å². The zero-order valence-corrected chi connectivity index (χ0v) is 19.7. The molecule has 1 atom stereocenters. The van der Waals surface area contributed by atoms with E-state index < -0.39 is 35.6 Å². The number of anilines is 1. The third-order valence-corrected chi connectivity index (χ3v) is 5.15. The van der Waals surface area contributed by atoms with Gasteiger partial charge in [-0.25, -0.2) is 19.4 Å². The molecule has 0 saturated heterocycles. The number of nitrogens with one attached hydrogen (secondary N) is 5. The molecule has 2 rings (SSSR count). The summed E-state index contributed by atoms with van der Waals surface area (Å²) in [7, 11) is 0. The topological polar surface area (TPSA) is 153 Å². The van der Waals surface area contributed by atoms with Crippen LogP contribution < -0.4 is 21.5 Å². The van der Waals surface area contributed by atoms with Crippen molar-refractivity contribution in [3.63, 3.8) is 0 Å². The molecule has 1 unspecified atom stereocenters. The summed E-state index contributed by atoms with van der Waals surface area (Å²) in [5.41, 5.74) is 2.50. The first-order valence-electron chi connectivity index (χ1n) is 10.4. The van der Waals surface area contributed by atoms with Crippen molar-refractivity contribution < 1.29 is 28.6 Å². The van der Waals surface area contributed by atoms with E-state index in [1.807, 2.05) is 5.43 Å². The van der Waals surface area contributed by atoms with E-state index >= 15 is 0 Å². The number of benzene rings is 1. The van der Waals surface area contributed by atoms with Crippen LogP contribution in [0.1, 0.15) is 69.3 Å². The van der Waals surface area contributed by atoms with Crippen LogP contribution in [0.15, 0.2) is 6.07 Å². The highest BCUT2D eigenvalue weighted by atomic mass is 35.5. The van der Waals surface area contributed by atoms with E-state index in [-0.39, 0.29) is 40.0 Å². The van der Waals surface area contributed by atoms with E-state index in [0.29, 0.717) is 0 Å². The smallest absolute Gasteiger partial charge is 0.423 e. The quantitative estimate of drug-likeness (QED) is 0.253. The molecule has 0 radical (unpaired) electrons. The van der Waals surface area contributed by atoms with Crippen molar-refractivity contribution in [3.8, 4) is 0 Å². The van der Waals surface area contributed by atoms with Crippen molar-refractivity contribution in [1.29, 1.82) is 5.41 Å². The number of rotatable bonds is 7. The Morgan fingerprint density at radius 1 is 1.30 bits per heavy atom. The summed E-state index contributed by atoms with van der Waals surface area (Å²) in [5.74, 6) is -1.83. The summed E-state index contributed by atoms with van der Waals surface area (Å²) in [5, 5.41) is 22.6. The second-order valence-electron chi connectivity index (χ2n) is 8.86. The fraction of sp³-hybridized carbons (Fsp3) is 0.524. The van der Waals surface area contributed by atoms with Crippen molar-refractivity contribution in [3.05, 3.63) is 28.0 Å². The van der Waals surface area contributed by atoms with Gasteiger partial charge in [-0.15, -0.1) is 0 Å². The number of halogens is 2. The van der Waals surface area contributed by atoms with Crippen molar-refractivity contribution >= 4 is 41.1 Å². The summed E-state index contributed by atoms with van der Waals surface area (Å²) in [6, 6.07) is 0.358. The second-order valence-corrected chi connectivity index (χ2v) is 9.23. The van der Waals surface area contributed by atoms with Crippen LogP contribution in [0, 0.1) is 11.2 Å². The number of carbonyl (C=O) groups is 3. The van der Waals surface area contributed by atoms with Gasteiger partial charge in [-0.1, -0.05) is 11.6 Å². The second kappa shape index (κ2) is 10.7. The van der Waals surface area contributed by atoms with Gasteiger partial charge in [-0.2, -0.15) is 0 Å². The third-order valence-electron chi connectivity index (χ3n) is 4.77. The first-order valence-corrected chi connectivity index (χ1v) is 10.8. The monoisotopic (exact) mass is 485 g/mol. The largest absolute Gasteiger partial charge is 0.464 e. The fourth-order valence-electron chi connectivity index (χ4n) is 3.12. The minimum absolute atomic E-state index is 0.0155. The number of hydrazine groups is 1. The molecule has 12 heteroatoms. The molecule has 10 nitrogen and oxygen atoms in total. The first kappa shape index (κ1) is 26.2. The normalized spacial score (nSPS) is 14.5. The standard InChI is InChI=1S/C21H29ClFN5O5/c1-10(25-20(32)33-21(2,3)4)8-14(24)15-13(23)9-12(18(29)27-28-19(30)31)17(16(15)22)26-11-6-5-7-11/h9-11,24,26,28H,5-8H2,1-4H3,(H,25,32)(H,27,29)(H,30,31). The molecule has 1 aliphatic rings. The van der Waals surface area contributed by atoms with E-state index in [2.05, 4.69) is 10.6 Å². The van der Waals surface area contributed by atoms with Gasteiger partial charge in [0.1, 0.15) is 11.4 Å². The zero-order valence-electron chi connectivity index (χ0n) is 18.9. The molecule has 6 N–H and O–H groups in total. The van der Waals surface area contributed by atoms with Gasteiger partial charge < -0.3 is 25.9 Å². The maximum Gasteiger partial charge on any atom is 0.423 e. The van der Waals surface area contributed by atoms with Crippen LogP contribution in [0.2, 0.25) is 5.02 Å². The SMILES string of the molecule is CC(CC(=N)c1c(F)cc(C(=O)NNC(=O)O)c(NC2CCC2)c1Cl)NC(=O)OC(C)(C)C. The molecule has 0 bridgehead atoms. The van der Waals surface area contributed by atoms with Crippen LogP contribution in [0.3, 0.4) is 0 Å². The summed E-state index contributed by atoms with van der Waals surface area (Å²) in [6.45, 7) is 6.79. The Balaban J connectivity index is 2.27. The average molecular weight is 486 g/mol. The lowest BCUT2D eigenvalue weighted by Crippen LogP contribution is -2.41. The number of amides is 3. The van der Waals surface area contributed by atoms with Gasteiger partial charge >= 0.3 is 12.2 Å². The molecule has 0 aromatic heterocycles. The van der Waals surface area contributed by atoms with Crippen molar-refractivity contribution in [2.24, 2.45) is 0 Å². The number of hydrogen-bond acceptors (Lipinski definition) is 6. The van der Waals surface area contributed by atoms with E-state index in [1.165, 1.54) is 0 Å². The lowest BCUT2D eigenvalue weighted by Gasteiger charge is -2.29. The molecule has 1 aromatic carbocycles. The predicted octanol–water partition coefficient (Wildman–Crippen LogP) is 4.03. The predicted molar refractivity (Wildman–Crippen MR) is 122 cm³/mol. The minimum Gasteiger partial charge on any atom is -0.464 e. The first-order chi connectivity index (χ1) is 15.3. The van der Waals surface area contributed by atoms with E-state index in [1.54, 1.807) is 33.1 Å². The molecular formula is C21H29ClFN5O5. The Labute approximate surface area is 196 Å². The molecule has 33 heavy (non-hydrogen) atoms. The summed E-state index contributed by atoms with van der Waals surface area (Å²) in [6.07, 6.45) is 0.422. The van der Waals surface area contributed by atoms with Gasteiger partial charge in [0.2, 0.25) is 0 Å². The molecule has 0 heterocycles. The molecule has 1 aromatic rings. The Morgan fingerprint density at radius 3 is 2.45 bits per heavy atom. The van der Waals surface area contributed by atoms with E-state index in [4.69, 9.17) is 26.9 Å².